The van der Waals surface area contributed by atoms with Crippen LogP contribution in [0, 0.1) is 13.8 Å². The van der Waals surface area contributed by atoms with Gasteiger partial charge >= 0.3 is 0 Å². The van der Waals surface area contributed by atoms with Crippen molar-refractivity contribution in [2.75, 3.05) is 13.1 Å². The van der Waals surface area contributed by atoms with Crippen LogP contribution in [0.1, 0.15) is 46.3 Å². The molecule has 1 atom stereocenters. The highest BCUT2D eigenvalue weighted by Crippen LogP contribution is 2.30. The third kappa shape index (κ3) is 2.50. The van der Waals surface area contributed by atoms with Crippen LogP contribution in [0.4, 0.5) is 0 Å². The third-order valence-corrected chi connectivity index (χ3v) is 4.90. The molecule has 5 heteroatoms. The van der Waals surface area contributed by atoms with Gasteiger partial charge in [-0.25, -0.2) is 4.98 Å². The van der Waals surface area contributed by atoms with Gasteiger partial charge in [-0.2, -0.15) is 0 Å². The molecule has 1 aromatic carbocycles. The molecule has 1 unspecified atom stereocenters. The normalized spacial score (nSPS) is 18.2. The summed E-state index contributed by atoms with van der Waals surface area (Å²) >= 11 is 0. The zero-order valence-electron chi connectivity index (χ0n) is 14.0. The highest BCUT2D eigenvalue weighted by atomic mass is 16.3. The summed E-state index contributed by atoms with van der Waals surface area (Å²) < 4.78 is 5.91. The van der Waals surface area contributed by atoms with Gasteiger partial charge in [-0.1, -0.05) is 12.1 Å². The van der Waals surface area contributed by atoms with Crippen LogP contribution >= 0.6 is 0 Å². The zero-order chi connectivity index (χ0) is 16.7. The molecule has 0 aliphatic carbocycles. The molecule has 4 rings (SSSR count). The Bertz CT molecular complexity index is 880. The summed E-state index contributed by atoms with van der Waals surface area (Å²) in [4.78, 5) is 22.4. The number of hydrogen-bond acceptors (Lipinski definition) is 3. The largest absolute Gasteiger partial charge is 0.451 e. The van der Waals surface area contributed by atoms with Crippen LogP contribution in [0.25, 0.3) is 11.0 Å². The third-order valence-electron chi connectivity index (χ3n) is 4.90. The molecule has 24 heavy (non-hydrogen) atoms. The first-order valence-corrected chi connectivity index (χ1v) is 8.42. The van der Waals surface area contributed by atoms with E-state index >= 15 is 0 Å². The van der Waals surface area contributed by atoms with Crippen molar-refractivity contribution in [1.82, 2.24) is 14.9 Å². The fourth-order valence-electron chi connectivity index (χ4n) is 3.57. The quantitative estimate of drug-likeness (QED) is 0.780. The molecule has 0 bridgehead atoms. The lowest BCUT2D eigenvalue weighted by molar-refractivity contribution is 0.0674. The van der Waals surface area contributed by atoms with Gasteiger partial charge in [0.1, 0.15) is 11.4 Å². The van der Waals surface area contributed by atoms with Crippen molar-refractivity contribution in [1.29, 1.82) is 0 Å². The first kappa shape index (κ1) is 15.0. The minimum atomic E-state index is -0.0161. The summed E-state index contributed by atoms with van der Waals surface area (Å²) in [7, 11) is 0. The van der Waals surface area contributed by atoms with E-state index in [4.69, 9.17) is 4.42 Å². The van der Waals surface area contributed by atoms with Crippen LogP contribution in [0.5, 0.6) is 0 Å². The minimum Gasteiger partial charge on any atom is -0.451 e. The summed E-state index contributed by atoms with van der Waals surface area (Å²) in [5.74, 6) is 1.68. The first-order chi connectivity index (χ1) is 11.6. The van der Waals surface area contributed by atoms with Crippen LogP contribution in [0.15, 0.2) is 35.0 Å². The number of aromatic amines is 1. The van der Waals surface area contributed by atoms with Crippen molar-refractivity contribution >= 4 is 16.9 Å². The molecule has 1 aliphatic heterocycles. The van der Waals surface area contributed by atoms with Crippen molar-refractivity contribution in [3.8, 4) is 0 Å². The van der Waals surface area contributed by atoms with Gasteiger partial charge in [0.2, 0.25) is 0 Å². The number of nitrogens with zero attached hydrogens (tertiary/aromatic N) is 2. The summed E-state index contributed by atoms with van der Waals surface area (Å²) in [6.07, 6.45) is 5.63. The lowest BCUT2D eigenvalue weighted by Crippen LogP contribution is -2.39. The molecule has 3 heterocycles. The molecule has 124 valence electrons. The molecule has 3 aromatic rings. The van der Waals surface area contributed by atoms with E-state index in [0.29, 0.717) is 12.3 Å². The number of aryl methyl sites for hydroxylation is 2. The predicted octanol–water partition coefficient (Wildman–Crippen LogP) is 3.79. The second-order valence-corrected chi connectivity index (χ2v) is 6.62. The SMILES string of the molecule is Cc1ccc2c(C)c(C(=O)N3CCCC(c4ncc[nH]4)C3)oc2c1. The van der Waals surface area contributed by atoms with Crippen molar-refractivity contribution in [3.63, 3.8) is 0 Å². The Morgan fingerprint density at radius 3 is 3.04 bits per heavy atom. The summed E-state index contributed by atoms with van der Waals surface area (Å²) in [5, 5.41) is 1.02. The average molecular weight is 323 g/mol. The maximum Gasteiger partial charge on any atom is 0.289 e. The molecular weight excluding hydrogens is 302 g/mol. The number of rotatable bonds is 2. The van der Waals surface area contributed by atoms with Crippen molar-refractivity contribution < 1.29 is 9.21 Å². The van der Waals surface area contributed by atoms with E-state index in [9.17, 15) is 4.79 Å². The number of aromatic nitrogens is 2. The molecule has 0 saturated carbocycles. The number of carbonyl (C=O) groups is 1. The standard InChI is InChI=1S/C19H21N3O2/c1-12-5-6-15-13(2)17(24-16(15)10-12)19(23)22-9-3-4-14(11-22)18-20-7-8-21-18/h5-8,10,14H,3-4,9,11H2,1-2H3,(H,20,21). The van der Waals surface area contributed by atoms with E-state index in [1.54, 1.807) is 6.20 Å². The number of H-pyrrole nitrogens is 1. The fourth-order valence-corrected chi connectivity index (χ4v) is 3.57. The van der Waals surface area contributed by atoms with Crippen molar-refractivity contribution in [2.24, 2.45) is 0 Å². The van der Waals surface area contributed by atoms with E-state index in [0.717, 1.165) is 47.3 Å². The smallest absolute Gasteiger partial charge is 0.289 e. The van der Waals surface area contributed by atoms with Crippen molar-refractivity contribution in [3.05, 3.63) is 53.3 Å². The number of likely N-dealkylation sites (tertiary alicyclic amines) is 1. The monoisotopic (exact) mass is 323 g/mol. The van der Waals surface area contributed by atoms with E-state index < -0.39 is 0 Å². The van der Waals surface area contributed by atoms with E-state index in [1.807, 2.05) is 43.1 Å². The van der Waals surface area contributed by atoms with Crippen LogP contribution in [-0.2, 0) is 0 Å². The second kappa shape index (κ2) is 5.82. The van der Waals surface area contributed by atoms with Gasteiger partial charge in [-0.15, -0.1) is 0 Å². The van der Waals surface area contributed by atoms with Gasteiger partial charge in [0, 0.05) is 42.4 Å². The maximum atomic E-state index is 13.0. The number of furan rings is 1. The number of nitrogens with one attached hydrogen (secondary N) is 1. The van der Waals surface area contributed by atoms with Crippen molar-refractivity contribution in [2.45, 2.75) is 32.6 Å². The summed E-state index contributed by atoms with van der Waals surface area (Å²) in [6.45, 7) is 5.44. The number of carbonyl (C=O) groups excluding carboxylic acids is 1. The Labute approximate surface area is 140 Å². The summed E-state index contributed by atoms with van der Waals surface area (Å²) in [5.41, 5.74) is 2.84. The molecule has 1 amide bonds. The molecule has 5 nitrogen and oxygen atoms in total. The molecule has 2 aromatic heterocycles. The second-order valence-electron chi connectivity index (χ2n) is 6.62. The molecule has 1 aliphatic rings. The number of piperidine rings is 1. The van der Waals surface area contributed by atoms with Gasteiger partial charge in [-0.05, 0) is 38.3 Å². The molecule has 1 N–H and O–H groups in total. The highest BCUT2D eigenvalue weighted by Gasteiger charge is 2.29. The average Bonchev–Trinajstić information content (AvgIpc) is 3.23. The lowest BCUT2D eigenvalue weighted by atomic mass is 9.97. The topological polar surface area (TPSA) is 62.1 Å². The minimum absolute atomic E-state index is 0.0161. The number of benzene rings is 1. The molecule has 0 spiro atoms. The molecule has 0 radical (unpaired) electrons. The number of imidazole rings is 1. The molecule has 1 saturated heterocycles. The Morgan fingerprint density at radius 1 is 1.38 bits per heavy atom. The van der Waals surface area contributed by atoms with Gasteiger partial charge < -0.3 is 14.3 Å². The van der Waals surface area contributed by atoms with E-state index in [-0.39, 0.29) is 11.8 Å². The predicted molar refractivity (Wildman–Crippen MR) is 92.2 cm³/mol. The molecule has 1 fully saturated rings. The Morgan fingerprint density at radius 2 is 2.25 bits per heavy atom. The number of amides is 1. The Kier molecular flexibility index (Phi) is 3.63. The van der Waals surface area contributed by atoms with Crippen LogP contribution in [-0.4, -0.2) is 33.9 Å². The summed E-state index contributed by atoms with van der Waals surface area (Å²) in [6, 6.07) is 6.07. The van der Waals surface area contributed by atoms with E-state index in [2.05, 4.69) is 9.97 Å². The van der Waals surface area contributed by atoms with Gasteiger partial charge in [-0.3, -0.25) is 4.79 Å². The first-order valence-electron chi connectivity index (χ1n) is 8.42. The van der Waals surface area contributed by atoms with Gasteiger partial charge in [0.15, 0.2) is 5.76 Å². The molecular formula is C19H21N3O2. The fraction of sp³-hybridized carbons (Fsp3) is 0.368. The number of hydrogen-bond donors (Lipinski definition) is 1. The maximum absolute atomic E-state index is 13.0. The van der Waals surface area contributed by atoms with Gasteiger partial charge in [0.05, 0.1) is 0 Å². The van der Waals surface area contributed by atoms with Crippen LogP contribution in [0.2, 0.25) is 0 Å². The van der Waals surface area contributed by atoms with Crippen LogP contribution in [0.3, 0.4) is 0 Å². The number of fused-ring (bicyclic) bond motifs is 1. The van der Waals surface area contributed by atoms with E-state index in [1.165, 1.54) is 0 Å². The zero-order valence-corrected chi connectivity index (χ0v) is 14.0. The van der Waals surface area contributed by atoms with Crippen LogP contribution < -0.4 is 0 Å². The van der Waals surface area contributed by atoms with Gasteiger partial charge in [0.25, 0.3) is 5.91 Å². The lowest BCUT2D eigenvalue weighted by Gasteiger charge is -2.31. The highest BCUT2D eigenvalue weighted by molar-refractivity contribution is 5.99. The Balaban J connectivity index is 1.62. The Hall–Kier alpha value is -2.56.